The van der Waals surface area contributed by atoms with Crippen LogP contribution in [0.4, 0.5) is 4.79 Å². The maximum Gasteiger partial charge on any atom is 0.326 e. The van der Waals surface area contributed by atoms with Gasteiger partial charge in [0.25, 0.3) is 0 Å². The number of hydrogen-bond donors (Lipinski definition) is 2. The van der Waals surface area contributed by atoms with Crippen molar-refractivity contribution in [3.05, 3.63) is 71.8 Å². The predicted molar refractivity (Wildman–Crippen MR) is 101 cm³/mol. The van der Waals surface area contributed by atoms with Crippen LogP contribution in [0.2, 0.25) is 0 Å². The predicted octanol–water partition coefficient (Wildman–Crippen LogP) is 3.08. The van der Waals surface area contributed by atoms with Crippen LogP contribution in [0.3, 0.4) is 0 Å². The molecule has 0 spiro atoms. The zero-order chi connectivity index (χ0) is 18.6. The number of nitrogens with one attached hydrogen (secondary N) is 2. The van der Waals surface area contributed by atoms with Gasteiger partial charge in [0.15, 0.2) is 11.7 Å². The van der Waals surface area contributed by atoms with Crippen molar-refractivity contribution in [2.75, 3.05) is 13.2 Å². The topological polar surface area (TPSA) is 84.3 Å². The third-order valence-electron chi connectivity index (χ3n) is 3.13. The van der Waals surface area contributed by atoms with Crippen LogP contribution >= 0.6 is 0 Å². The maximum atomic E-state index is 12.4. The number of amidine groups is 2. The Kier molecular flexibility index (Phi) is 7.67. The molecule has 0 saturated carbocycles. The lowest BCUT2D eigenvalue weighted by Gasteiger charge is -2.11. The summed E-state index contributed by atoms with van der Waals surface area (Å²) >= 11 is 0. The quantitative estimate of drug-likeness (QED) is 0.475. The Morgan fingerprint density at radius 1 is 0.769 bits per heavy atom. The van der Waals surface area contributed by atoms with Gasteiger partial charge in [-0.25, -0.2) is 4.79 Å². The van der Waals surface area contributed by atoms with Gasteiger partial charge in [-0.2, -0.15) is 0 Å². The van der Waals surface area contributed by atoms with Crippen molar-refractivity contribution in [3.63, 3.8) is 0 Å². The molecular formula is C19H22N4O3. The molecule has 0 aliphatic carbocycles. The summed E-state index contributed by atoms with van der Waals surface area (Å²) in [5, 5.41) is 13.3. The van der Waals surface area contributed by atoms with Gasteiger partial charge in [-0.05, 0) is 13.8 Å². The maximum absolute atomic E-state index is 12.4. The molecule has 2 aromatic rings. The number of carbonyl (C=O) groups is 1. The van der Waals surface area contributed by atoms with Crippen LogP contribution in [0, 0.1) is 0 Å². The first-order valence-corrected chi connectivity index (χ1v) is 8.33. The average molecular weight is 354 g/mol. The van der Waals surface area contributed by atoms with Gasteiger partial charge in [-0.1, -0.05) is 71.0 Å². The molecule has 0 fully saturated rings. The monoisotopic (exact) mass is 354 g/mol. The van der Waals surface area contributed by atoms with Gasteiger partial charge in [-0.3, -0.25) is 10.6 Å². The smallest absolute Gasteiger partial charge is 0.326 e. The number of hydrogen-bond acceptors (Lipinski definition) is 5. The van der Waals surface area contributed by atoms with E-state index in [0.717, 1.165) is 11.1 Å². The lowest BCUT2D eigenvalue weighted by Crippen LogP contribution is -2.43. The summed E-state index contributed by atoms with van der Waals surface area (Å²) in [6.45, 7) is 4.41. The normalized spacial score (nSPS) is 11.6. The van der Waals surface area contributed by atoms with E-state index in [1.54, 1.807) is 0 Å². The molecule has 2 amide bonds. The molecule has 0 atom stereocenters. The number of carbonyl (C=O) groups excluding carboxylic acids is 1. The fourth-order valence-corrected chi connectivity index (χ4v) is 1.99. The van der Waals surface area contributed by atoms with Gasteiger partial charge in [-0.15, -0.1) is 0 Å². The van der Waals surface area contributed by atoms with Crippen molar-refractivity contribution in [3.8, 4) is 0 Å². The third kappa shape index (κ3) is 5.94. The van der Waals surface area contributed by atoms with E-state index in [4.69, 9.17) is 9.68 Å². The molecule has 2 aromatic carbocycles. The minimum atomic E-state index is -0.505. The molecule has 7 heteroatoms. The fourth-order valence-electron chi connectivity index (χ4n) is 1.99. The van der Waals surface area contributed by atoms with E-state index in [-0.39, 0.29) is 0 Å². The third-order valence-corrected chi connectivity index (χ3v) is 3.13. The van der Waals surface area contributed by atoms with E-state index >= 15 is 0 Å². The SMILES string of the molecule is CCO/N=C(\NC(=O)N/C(=N/OCC)c1ccccc1)c1ccccc1. The van der Waals surface area contributed by atoms with Crippen molar-refractivity contribution in [1.82, 2.24) is 10.6 Å². The molecule has 2 rings (SSSR count). The van der Waals surface area contributed by atoms with Crippen LogP contribution in [0.15, 0.2) is 71.0 Å². The van der Waals surface area contributed by atoms with E-state index in [1.165, 1.54) is 0 Å². The highest BCUT2D eigenvalue weighted by molar-refractivity contribution is 6.13. The van der Waals surface area contributed by atoms with Gasteiger partial charge >= 0.3 is 6.03 Å². The minimum absolute atomic E-state index is 0.300. The molecule has 136 valence electrons. The van der Waals surface area contributed by atoms with Crippen molar-refractivity contribution in [1.29, 1.82) is 0 Å². The van der Waals surface area contributed by atoms with Gasteiger partial charge in [0, 0.05) is 11.1 Å². The number of amides is 2. The Morgan fingerprint density at radius 3 is 1.50 bits per heavy atom. The molecule has 0 radical (unpaired) electrons. The number of nitrogens with zero attached hydrogens (tertiary/aromatic N) is 2. The van der Waals surface area contributed by atoms with Crippen molar-refractivity contribution >= 4 is 17.7 Å². The van der Waals surface area contributed by atoms with Gasteiger partial charge in [0.2, 0.25) is 0 Å². The number of urea groups is 1. The minimum Gasteiger partial charge on any atom is -0.394 e. The first kappa shape index (κ1) is 19.0. The first-order valence-electron chi connectivity index (χ1n) is 8.33. The highest BCUT2D eigenvalue weighted by atomic mass is 16.6. The molecule has 0 aliphatic rings. The molecule has 0 unspecified atom stereocenters. The van der Waals surface area contributed by atoms with Crippen LogP contribution in [0.1, 0.15) is 25.0 Å². The second kappa shape index (κ2) is 10.5. The van der Waals surface area contributed by atoms with Gasteiger partial charge < -0.3 is 9.68 Å². The molecule has 2 N–H and O–H groups in total. The van der Waals surface area contributed by atoms with Crippen LogP contribution < -0.4 is 10.6 Å². The largest absolute Gasteiger partial charge is 0.394 e. The summed E-state index contributed by atoms with van der Waals surface area (Å²) in [4.78, 5) is 22.6. The van der Waals surface area contributed by atoms with E-state index in [1.807, 2.05) is 74.5 Å². The Morgan fingerprint density at radius 2 is 1.15 bits per heavy atom. The summed E-state index contributed by atoms with van der Waals surface area (Å²) in [5.41, 5.74) is 1.44. The summed E-state index contributed by atoms with van der Waals surface area (Å²) in [7, 11) is 0. The lowest BCUT2D eigenvalue weighted by atomic mass is 10.2. The number of oxime groups is 2. The van der Waals surface area contributed by atoms with E-state index in [0.29, 0.717) is 24.9 Å². The highest BCUT2D eigenvalue weighted by Crippen LogP contribution is 2.02. The Labute approximate surface area is 152 Å². The van der Waals surface area contributed by atoms with E-state index in [9.17, 15) is 4.79 Å². The molecule has 26 heavy (non-hydrogen) atoms. The van der Waals surface area contributed by atoms with Crippen LogP contribution in [-0.2, 0) is 9.68 Å². The Balaban J connectivity index is 2.15. The molecule has 0 saturated heterocycles. The average Bonchev–Trinajstić information content (AvgIpc) is 2.69. The molecule has 0 bridgehead atoms. The van der Waals surface area contributed by atoms with Gasteiger partial charge in [0.1, 0.15) is 13.2 Å². The second-order valence-corrected chi connectivity index (χ2v) is 5.03. The fraction of sp³-hybridized carbons (Fsp3) is 0.211. The van der Waals surface area contributed by atoms with Gasteiger partial charge in [0.05, 0.1) is 0 Å². The molecule has 7 nitrogen and oxygen atoms in total. The summed E-state index contributed by atoms with van der Waals surface area (Å²) in [5.74, 6) is 0.600. The number of benzene rings is 2. The van der Waals surface area contributed by atoms with E-state index < -0.39 is 6.03 Å². The van der Waals surface area contributed by atoms with Crippen LogP contribution in [0.25, 0.3) is 0 Å². The summed E-state index contributed by atoms with van der Waals surface area (Å²) in [6, 6.07) is 17.9. The lowest BCUT2D eigenvalue weighted by molar-refractivity contribution is 0.157. The number of rotatable bonds is 6. The second-order valence-electron chi connectivity index (χ2n) is 5.03. The van der Waals surface area contributed by atoms with Crippen molar-refractivity contribution in [2.24, 2.45) is 10.3 Å². The molecule has 0 heterocycles. The Bertz CT molecular complexity index is 682. The standard InChI is InChI=1S/C19H22N4O3/c1-3-25-22-17(15-11-7-5-8-12-15)20-19(24)21-18(23-26-4-2)16-13-9-6-10-14-16/h5-14H,3-4H2,1-2H3,(H2,20,21,22,23,24). The summed E-state index contributed by atoms with van der Waals surface area (Å²) < 4.78 is 0. The molecule has 0 aromatic heterocycles. The highest BCUT2D eigenvalue weighted by Gasteiger charge is 2.13. The zero-order valence-electron chi connectivity index (χ0n) is 14.8. The zero-order valence-corrected chi connectivity index (χ0v) is 14.8. The van der Waals surface area contributed by atoms with Crippen LogP contribution in [0.5, 0.6) is 0 Å². The molecule has 0 aliphatic heterocycles. The van der Waals surface area contributed by atoms with Crippen molar-refractivity contribution in [2.45, 2.75) is 13.8 Å². The van der Waals surface area contributed by atoms with E-state index in [2.05, 4.69) is 20.9 Å². The molecular weight excluding hydrogens is 332 g/mol. The first-order chi connectivity index (χ1) is 12.7. The van der Waals surface area contributed by atoms with Crippen molar-refractivity contribution < 1.29 is 14.5 Å². The summed E-state index contributed by atoms with van der Waals surface area (Å²) in [6.07, 6.45) is 0. The van der Waals surface area contributed by atoms with Crippen LogP contribution in [-0.4, -0.2) is 30.9 Å². The Hall–Kier alpha value is -3.35.